The lowest BCUT2D eigenvalue weighted by Gasteiger charge is -2.04. The van der Waals surface area contributed by atoms with Crippen molar-refractivity contribution in [2.24, 2.45) is 4.99 Å². The zero-order valence-electron chi connectivity index (χ0n) is 16.6. The number of nitro benzene ring substituents is 2. The van der Waals surface area contributed by atoms with Crippen LogP contribution in [0.4, 0.5) is 11.4 Å². The molecule has 0 aliphatic carbocycles. The summed E-state index contributed by atoms with van der Waals surface area (Å²) in [7, 11) is 0. The van der Waals surface area contributed by atoms with Gasteiger partial charge >= 0.3 is 5.97 Å². The minimum absolute atomic E-state index is 0.00260. The lowest BCUT2D eigenvalue weighted by Crippen LogP contribution is -2.06. The van der Waals surface area contributed by atoms with Gasteiger partial charge in [0.05, 0.1) is 20.4 Å². The molecular weight excluding hydrogens is 477 g/mol. The van der Waals surface area contributed by atoms with E-state index >= 15 is 0 Å². The molecule has 12 heteroatoms. The summed E-state index contributed by atoms with van der Waals surface area (Å²) in [6.45, 7) is 1.68. The fourth-order valence-electron chi connectivity index (χ4n) is 3.10. The van der Waals surface area contributed by atoms with Gasteiger partial charge in [-0.15, -0.1) is 0 Å². The number of hydrogen-bond donors (Lipinski definition) is 0. The minimum Gasteiger partial charge on any atom is -0.457 e. The van der Waals surface area contributed by atoms with Gasteiger partial charge in [-0.25, -0.2) is 9.79 Å². The summed E-state index contributed by atoms with van der Waals surface area (Å²) in [6.07, 6.45) is 1.35. The highest BCUT2D eigenvalue weighted by atomic mass is 35.5. The summed E-state index contributed by atoms with van der Waals surface area (Å²) in [5.41, 5.74) is 0.842. The van der Waals surface area contributed by atoms with Crippen molar-refractivity contribution in [3.8, 4) is 11.3 Å². The van der Waals surface area contributed by atoms with Gasteiger partial charge in [-0.05, 0) is 36.8 Å². The molecular formula is C21H11Cl2N3O7. The van der Waals surface area contributed by atoms with E-state index in [0.717, 1.165) is 6.07 Å². The maximum Gasteiger partial charge on any atom is 0.363 e. The Morgan fingerprint density at radius 3 is 2.39 bits per heavy atom. The predicted molar refractivity (Wildman–Crippen MR) is 119 cm³/mol. The number of aliphatic imine (C=N–C) groups is 1. The van der Waals surface area contributed by atoms with E-state index in [1.54, 1.807) is 19.1 Å². The van der Waals surface area contributed by atoms with Gasteiger partial charge in [0, 0.05) is 29.8 Å². The fourth-order valence-corrected chi connectivity index (χ4v) is 3.59. The maximum absolute atomic E-state index is 12.2. The summed E-state index contributed by atoms with van der Waals surface area (Å²) in [5, 5.41) is 21.9. The van der Waals surface area contributed by atoms with Gasteiger partial charge in [0.25, 0.3) is 11.4 Å². The van der Waals surface area contributed by atoms with Gasteiger partial charge in [-0.2, -0.15) is 0 Å². The topological polar surface area (TPSA) is 138 Å². The summed E-state index contributed by atoms with van der Waals surface area (Å²) >= 11 is 12.1. The molecule has 10 nitrogen and oxygen atoms in total. The third-order valence-corrected chi connectivity index (χ3v) is 5.29. The van der Waals surface area contributed by atoms with Gasteiger partial charge in [0.1, 0.15) is 16.5 Å². The second kappa shape index (κ2) is 8.49. The SMILES string of the molecule is Cc1cc([N+](=O)[O-])c(Cl)cc1-c1ccc(/C=C2\N=C(c3ccc([N+](=O)[O-])cc3Cl)OC2=O)o1. The predicted octanol–water partition coefficient (Wildman–Crippen LogP) is 5.72. The Labute approximate surface area is 195 Å². The lowest BCUT2D eigenvalue weighted by molar-refractivity contribution is -0.385. The Morgan fingerprint density at radius 2 is 1.73 bits per heavy atom. The molecule has 166 valence electrons. The lowest BCUT2D eigenvalue weighted by atomic mass is 10.1. The highest BCUT2D eigenvalue weighted by Crippen LogP contribution is 2.35. The molecule has 0 saturated carbocycles. The number of hydrogen-bond acceptors (Lipinski definition) is 8. The van der Waals surface area contributed by atoms with Crippen molar-refractivity contribution < 1.29 is 23.8 Å². The molecule has 1 aromatic heterocycles. The molecule has 0 N–H and O–H groups in total. The molecule has 33 heavy (non-hydrogen) atoms. The number of nitro groups is 2. The number of halogens is 2. The Hall–Kier alpha value is -4.02. The molecule has 0 radical (unpaired) electrons. The van der Waals surface area contributed by atoms with Crippen molar-refractivity contribution in [2.75, 3.05) is 0 Å². The molecule has 0 fully saturated rings. The van der Waals surface area contributed by atoms with Crippen LogP contribution in [0.3, 0.4) is 0 Å². The largest absolute Gasteiger partial charge is 0.457 e. The number of ether oxygens (including phenoxy) is 1. The quantitative estimate of drug-likeness (QED) is 0.194. The standard InChI is InChI=1S/C21H11Cl2N3O7/c1-10-6-18(26(30)31)16(23)9-14(10)19-5-3-12(32-19)8-17-21(27)33-20(24-17)13-4-2-11(25(28)29)7-15(13)22/h2-9H,1H3/b17-8-. The number of non-ortho nitro benzene ring substituents is 1. The second-order valence-corrected chi connectivity index (χ2v) is 7.65. The third-order valence-electron chi connectivity index (χ3n) is 4.68. The maximum atomic E-state index is 12.2. The number of aryl methyl sites for hydroxylation is 1. The highest BCUT2D eigenvalue weighted by Gasteiger charge is 2.27. The average Bonchev–Trinajstić information content (AvgIpc) is 3.36. The van der Waals surface area contributed by atoms with E-state index in [2.05, 4.69) is 4.99 Å². The Morgan fingerprint density at radius 1 is 0.970 bits per heavy atom. The number of esters is 1. The van der Waals surface area contributed by atoms with Crippen LogP contribution in [-0.2, 0) is 9.53 Å². The van der Waals surface area contributed by atoms with Crippen molar-refractivity contribution in [1.82, 2.24) is 0 Å². The van der Waals surface area contributed by atoms with Crippen LogP contribution in [0.15, 0.2) is 57.6 Å². The van der Waals surface area contributed by atoms with Crippen LogP contribution in [0.5, 0.6) is 0 Å². The summed E-state index contributed by atoms with van der Waals surface area (Å²) in [6, 6.07) is 9.66. The van der Waals surface area contributed by atoms with Gasteiger partial charge in [0.15, 0.2) is 5.70 Å². The molecule has 0 amide bonds. The summed E-state index contributed by atoms with van der Waals surface area (Å²) in [4.78, 5) is 37.1. The number of carbonyl (C=O) groups excluding carboxylic acids is 1. The van der Waals surface area contributed by atoms with E-state index in [4.69, 9.17) is 32.4 Å². The van der Waals surface area contributed by atoms with Gasteiger partial charge in [0.2, 0.25) is 5.90 Å². The molecule has 1 aliphatic rings. The normalized spacial score (nSPS) is 14.3. The molecule has 0 spiro atoms. The highest BCUT2D eigenvalue weighted by molar-refractivity contribution is 6.34. The molecule has 3 aromatic rings. The first-order chi connectivity index (χ1) is 15.6. The first-order valence-corrected chi connectivity index (χ1v) is 9.91. The van der Waals surface area contributed by atoms with Crippen LogP contribution in [0, 0.1) is 27.2 Å². The molecule has 1 aliphatic heterocycles. The van der Waals surface area contributed by atoms with E-state index in [0.29, 0.717) is 16.9 Å². The van der Waals surface area contributed by atoms with Crippen LogP contribution >= 0.6 is 23.2 Å². The molecule has 0 atom stereocenters. The monoisotopic (exact) mass is 487 g/mol. The van der Waals surface area contributed by atoms with Gasteiger partial charge in [-0.3, -0.25) is 20.2 Å². The molecule has 0 unspecified atom stereocenters. The van der Waals surface area contributed by atoms with Gasteiger partial charge in [-0.1, -0.05) is 23.2 Å². The third kappa shape index (κ3) is 4.34. The second-order valence-electron chi connectivity index (χ2n) is 6.83. The van der Waals surface area contributed by atoms with Crippen molar-refractivity contribution in [1.29, 1.82) is 0 Å². The smallest absolute Gasteiger partial charge is 0.363 e. The fraction of sp³-hybridized carbons (Fsp3) is 0.0476. The molecule has 2 heterocycles. The molecule has 0 saturated heterocycles. The molecule has 4 rings (SSSR count). The van der Waals surface area contributed by atoms with Crippen molar-refractivity contribution >= 4 is 52.5 Å². The van der Waals surface area contributed by atoms with Crippen LogP contribution in [0.2, 0.25) is 10.0 Å². The molecule has 2 aromatic carbocycles. The zero-order valence-corrected chi connectivity index (χ0v) is 18.1. The number of nitrogens with zero attached hydrogens (tertiary/aromatic N) is 3. The van der Waals surface area contributed by atoms with Crippen molar-refractivity contribution in [3.05, 3.63) is 95.3 Å². The van der Waals surface area contributed by atoms with E-state index in [-0.39, 0.29) is 44.3 Å². The van der Waals surface area contributed by atoms with Crippen LogP contribution in [0.25, 0.3) is 17.4 Å². The van der Waals surface area contributed by atoms with Gasteiger partial charge < -0.3 is 9.15 Å². The van der Waals surface area contributed by atoms with E-state index < -0.39 is 15.8 Å². The number of cyclic esters (lactones) is 1. The zero-order chi connectivity index (χ0) is 23.9. The number of furan rings is 1. The van der Waals surface area contributed by atoms with E-state index in [9.17, 15) is 25.0 Å². The Balaban J connectivity index is 1.64. The number of carbonyl (C=O) groups is 1. The van der Waals surface area contributed by atoms with Crippen LogP contribution < -0.4 is 0 Å². The first kappa shape index (κ1) is 22.2. The average molecular weight is 488 g/mol. The number of rotatable bonds is 5. The number of benzene rings is 2. The van der Waals surface area contributed by atoms with E-state index in [1.807, 2.05) is 0 Å². The van der Waals surface area contributed by atoms with E-state index in [1.165, 1.54) is 30.3 Å². The Bertz CT molecular complexity index is 1410. The van der Waals surface area contributed by atoms with Crippen molar-refractivity contribution in [2.45, 2.75) is 6.92 Å². The van der Waals surface area contributed by atoms with Crippen LogP contribution in [0.1, 0.15) is 16.9 Å². The minimum atomic E-state index is -0.757. The molecule has 0 bridgehead atoms. The summed E-state index contributed by atoms with van der Waals surface area (Å²) in [5.74, 6) is -0.210. The first-order valence-electron chi connectivity index (χ1n) is 9.15. The van der Waals surface area contributed by atoms with Crippen LogP contribution in [-0.4, -0.2) is 21.7 Å². The summed E-state index contributed by atoms with van der Waals surface area (Å²) < 4.78 is 10.9. The van der Waals surface area contributed by atoms with Crippen molar-refractivity contribution in [3.63, 3.8) is 0 Å². The Kier molecular flexibility index (Phi) is 5.71.